The molecule has 1 N–H and O–H groups in total. The van der Waals surface area contributed by atoms with Crippen LogP contribution < -0.4 is 4.74 Å². The number of hydrogen-bond acceptors (Lipinski definition) is 4. The number of halogens is 2. The van der Waals surface area contributed by atoms with Crippen LogP contribution in [-0.4, -0.2) is 53.1 Å². The van der Waals surface area contributed by atoms with Crippen LogP contribution in [-0.2, 0) is 0 Å². The smallest absolute Gasteiger partial charge is 0.272 e. The Bertz CT molecular complexity index is 419. The maximum atomic E-state index is 11.9. The van der Waals surface area contributed by atoms with Gasteiger partial charge in [-0.3, -0.25) is 4.79 Å². The molecule has 0 atom stereocenters. The Hall–Kier alpha value is -1.76. The molecule has 1 aliphatic rings. The lowest BCUT2D eigenvalue weighted by atomic mass is 10.1. The van der Waals surface area contributed by atoms with Crippen LogP contribution in [0.5, 0.6) is 5.88 Å². The third-order valence-corrected chi connectivity index (χ3v) is 2.49. The average Bonchev–Trinajstić information content (AvgIpc) is 2.32. The molecule has 2 rings (SSSR count). The second-order valence-corrected chi connectivity index (χ2v) is 3.95. The fourth-order valence-corrected chi connectivity index (χ4v) is 1.54. The highest BCUT2D eigenvalue weighted by Gasteiger charge is 2.29. The predicted octanol–water partition coefficient (Wildman–Crippen LogP) is 0.542. The quantitative estimate of drug-likeness (QED) is 0.856. The molecule has 18 heavy (non-hydrogen) atoms. The van der Waals surface area contributed by atoms with E-state index in [1.807, 2.05) is 0 Å². The number of β-amino-alcohol motifs (C(OH)–C–C–N with tert-alkyl or cyclic N) is 1. The number of aliphatic hydroxyl groups excluding tert-OH is 1. The summed E-state index contributed by atoms with van der Waals surface area (Å²) in [4.78, 5) is 17.0. The number of likely N-dealkylation sites (tertiary alicyclic amines) is 1. The number of amides is 1. The SMILES string of the molecule is O=C(c1ccc(OCC(F)F)nc1)N1CC(O)C1. The summed E-state index contributed by atoms with van der Waals surface area (Å²) in [6.45, 7) is -0.108. The standard InChI is InChI=1S/C11H12F2N2O3/c12-9(13)6-18-10-2-1-7(3-14-10)11(17)15-4-8(16)5-15/h1-3,8-9,16H,4-6H2. The minimum Gasteiger partial charge on any atom is -0.472 e. The van der Waals surface area contributed by atoms with Gasteiger partial charge in [0.1, 0.15) is 0 Å². The Balaban J connectivity index is 1.93. The Kier molecular flexibility index (Phi) is 3.71. The van der Waals surface area contributed by atoms with Crippen LogP contribution >= 0.6 is 0 Å². The third kappa shape index (κ3) is 2.92. The number of carbonyl (C=O) groups excluding carboxylic acids is 1. The van der Waals surface area contributed by atoms with Gasteiger partial charge >= 0.3 is 0 Å². The van der Waals surface area contributed by atoms with Crippen molar-refractivity contribution < 1.29 is 23.4 Å². The van der Waals surface area contributed by atoms with Crippen LogP contribution in [0.15, 0.2) is 18.3 Å². The average molecular weight is 258 g/mol. The lowest BCUT2D eigenvalue weighted by Crippen LogP contribution is -2.53. The number of nitrogens with zero attached hydrogens (tertiary/aromatic N) is 2. The summed E-state index contributed by atoms with van der Waals surface area (Å²) in [7, 11) is 0. The molecule has 0 bridgehead atoms. The number of pyridine rings is 1. The normalized spacial score (nSPS) is 15.7. The number of hydrogen-bond donors (Lipinski definition) is 1. The molecule has 98 valence electrons. The van der Waals surface area contributed by atoms with Crippen LogP contribution in [0.25, 0.3) is 0 Å². The van der Waals surface area contributed by atoms with Crippen molar-refractivity contribution in [3.63, 3.8) is 0 Å². The molecule has 5 nitrogen and oxygen atoms in total. The number of carbonyl (C=O) groups is 1. The first-order chi connectivity index (χ1) is 8.56. The summed E-state index contributed by atoms with van der Waals surface area (Å²) in [5.41, 5.74) is 0.339. The highest BCUT2D eigenvalue weighted by Crippen LogP contribution is 2.15. The van der Waals surface area contributed by atoms with Crippen molar-refractivity contribution in [1.82, 2.24) is 9.88 Å². The van der Waals surface area contributed by atoms with Gasteiger partial charge in [0.05, 0.1) is 11.7 Å². The van der Waals surface area contributed by atoms with E-state index >= 15 is 0 Å². The van der Waals surface area contributed by atoms with Gasteiger partial charge < -0.3 is 14.7 Å². The van der Waals surface area contributed by atoms with Crippen molar-refractivity contribution >= 4 is 5.91 Å². The van der Waals surface area contributed by atoms with Gasteiger partial charge in [-0.1, -0.05) is 0 Å². The van der Waals surface area contributed by atoms with Gasteiger partial charge in [-0.2, -0.15) is 0 Å². The molecule has 0 aromatic carbocycles. The van der Waals surface area contributed by atoms with E-state index in [2.05, 4.69) is 4.98 Å². The number of aromatic nitrogens is 1. The Morgan fingerprint density at radius 1 is 1.56 bits per heavy atom. The summed E-state index contributed by atoms with van der Waals surface area (Å²) >= 11 is 0. The highest BCUT2D eigenvalue weighted by molar-refractivity contribution is 5.94. The first-order valence-corrected chi connectivity index (χ1v) is 5.40. The van der Waals surface area contributed by atoms with Gasteiger partial charge in [0.15, 0.2) is 6.61 Å². The van der Waals surface area contributed by atoms with Gasteiger partial charge in [-0.05, 0) is 6.07 Å². The molecule has 0 spiro atoms. The first-order valence-electron chi connectivity index (χ1n) is 5.40. The van der Waals surface area contributed by atoms with E-state index in [-0.39, 0.29) is 11.8 Å². The summed E-state index contributed by atoms with van der Waals surface area (Å²) < 4.78 is 28.5. The number of alkyl halides is 2. The van der Waals surface area contributed by atoms with E-state index in [1.54, 1.807) is 0 Å². The van der Waals surface area contributed by atoms with E-state index in [9.17, 15) is 13.6 Å². The zero-order chi connectivity index (χ0) is 13.1. The van der Waals surface area contributed by atoms with E-state index in [1.165, 1.54) is 23.2 Å². The van der Waals surface area contributed by atoms with Crippen molar-refractivity contribution in [2.75, 3.05) is 19.7 Å². The summed E-state index contributed by atoms with van der Waals surface area (Å²) in [5.74, 6) is -0.191. The van der Waals surface area contributed by atoms with Crippen LogP contribution in [0.3, 0.4) is 0 Å². The molecule has 1 aromatic heterocycles. The summed E-state index contributed by atoms with van der Waals surface area (Å²) in [5, 5.41) is 9.08. The minimum absolute atomic E-state index is 0.0514. The molecule has 1 aromatic rings. The monoisotopic (exact) mass is 258 g/mol. The number of ether oxygens (including phenoxy) is 1. The molecule has 1 fully saturated rings. The topological polar surface area (TPSA) is 62.7 Å². The molecule has 0 unspecified atom stereocenters. The van der Waals surface area contributed by atoms with Crippen molar-refractivity contribution in [1.29, 1.82) is 0 Å². The Morgan fingerprint density at radius 2 is 2.28 bits per heavy atom. The maximum Gasteiger partial charge on any atom is 0.272 e. The van der Waals surface area contributed by atoms with E-state index in [4.69, 9.17) is 9.84 Å². The molecule has 1 amide bonds. The van der Waals surface area contributed by atoms with Crippen LogP contribution in [0.4, 0.5) is 8.78 Å². The van der Waals surface area contributed by atoms with Crippen molar-refractivity contribution in [2.24, 2.45) is 0 Å². The van der Waals surface area contributed by atoms with Crippen LogP contribution in [0.1, 0.15) is 10.4 Å². The third-order valence-electron chi connectivity index (χ3n) is 2.49. The highest BCUT2D eigenvalue weighted by atomic mass is 19.3. The number of rotatable bonds is 4. The molecule has 0 radical (unpaired) electrons. The molecular formula is C11H12F2N2O3. The first kappa shape index (κ1) is 12.7. The predicted molar refractivity (Wildman–Crippen MR) is 57.6 cm³/mol. The lowest BCUT2D eigenvalue weighted by molar-refractivity contribution is 0.00585. The van der Waals surface area contributed by atoms with E-state index in [0.717, 1.165) is 0 Å². The van der Waals surface area contributed by atoms with Gasteiger partial charge in [0.2, 0.25) is 5.88 Å². The molecule has 0 saturated carbocycles. The van der Waals surface area contributed by atoms with Crippen molar-refractivity contribution in [3.8, 4) is 5.88 Å². The van der Waals surface area contributed by atoms with Crippen molar-refractivity contribution in [2.45, 2.75) is 12.5 Å². The molecule has 7 heteroatoms. The summed E-state index contributed by atoms with van der Waals surface area (Å²) in [6, 6.07) is 2.83. The largest absolute Gasteiger partial charge is 0.472 e. The molecule has 1 saturated heterocycles. The van der Waals surface area contributed by atoms with Gasteiger partial charge in [-0.15, -0.1) is 0 Å². The molecule has 0 aliphatic carbocycles. The summed E-state index contributed by atoms with van der Waals surface area (Å²) in [6.07, 6.45) is -1.75. The molecular weight excluding hydrogens is 246 g/mol. The maximum absolute atomic E-state index is 11.9. The molecule has 1 aliphatic heterocycles. The minimum atomic E-state index is -2.56. The van der Waals surface area contributed by atoms with Gasteiger partial charge in [-0.25, -0.2) is 13.8 Å². The Morgan fingerprint density at radius 3 is 2.78 bits per heavy atom. The van der Waals surface area contributed by atoms with Crippen LogP contribution in [0.2, 0.25) is 0 Å². The Labute approximate surface area is 102 Å². The number of aliphatic hydroxyl groups is 1. The second kappa shape index (κ2) is 5.26. The van der Waals surface area contributed by atoms with E-state index < -0.39 is 19.1 Å². The zero-order valence-electron chi connectivity index (χ0n) is 9.42. The fraction of sp³-hybridized carbons (Fsp3) is 0.455. The zero-order valence-corrected chi connectivity index (χ0v) is 9.42. The van der Waals surface area contributed by atoms with Gasteiger partial charge in [0.25, 0.3) is 12.3 Å². The lowest BCUT2D eigenvalue weighted by Gasteiger charge is -2.35. The van der Waals surface area contributed by atoms with Crippen LogP contribution in [0, 0.1) is 0 Å². The van der Waals surface area contributed by atoms with Gasteiger partial charge in [0, 0.05) is 25.4 Å². The molecule has 2 heterocycles. The second-order valence-electron chi connectivity index (χ2n) is 3.95. The van der Waals surface area contributed by atoms with E-state index in [0.29, 0.717) is 18.7 Å². The van der Waals surface area contributed by atoms with Crippen molar-refractivity contribution in [3.05, 3.63) is 23.9 Å². The fourth-order valence-electron chi connectivity index (χ4n) is 1.54.